The SMILES string of the molecule is FCc1ccn([C@H](c2ccc(Cl)nc2)C(F)(F)F)c1. The van der Waals surface area contributed by atoms with Crippen LogP contribution < -0.4 is 0 Å². The van der Waals surface area contributed by atoms with E-state index in [0.29, 0.717) is 0 Å². The van der Waals surface area contributed by atoms with E-state index in [1.54, 1.807) is 0 Å². The second kappa shape index (κ2) is 5.21. The third kappa shape index (κ3) is 3.07. The number of halogens is 5. The molecule has 1 atom stereocenters. The molecule has 0 N–H and O–H groups in total. The number of hydrogen-bond donors (Lipinski definition) is 0. The van der Waals surface area contributed by atoms with Crippen LogP contribution in [0, 0.1) is 0 Å². The lowest BCUT2D eigenvalue weighted by Gasteiger charge is -2.22. The van der Waals surface area contributed by atoms with Crippen molar-refractivity contribution in [2.24, 2.45) is 0 Å². The molecule has 0 saturated carbocycles. The molecule has 0 spiro atoms. The predicted octanol–water partition coefficient (Wildman–Crippen LogP) is 4.16. The quantitative estimate of drug-likeness (QED) is 0.613. The molecule has 102 valence electrons. The van der Waals surface area contributed by atoms with E-state index in [4.69, 9.17) is 11.6 Å². The van der Waals surface area contributed by atoms with E-state index in [9.17, 15) is 17.6 Å². The van der Waals surface area contributed by atoms with Crippen LogP contribution in [0.1, 0.15) is 17.2 Å². The number of hydrogen-bond acceptors (Lipinski definition) is 1. The molecule has 0 fully saturated rings. The van der Waals surface area contributed by atoms with Crippen LogP contribution in [0.25, 0.3) is 0 Å². The van der Waals surface area contributed by atoms with E-state index in [1.807, 2.05) is 0 Å². The maximum absolute atomic E-state index is 13.1. The van der Waals surface area contributed by atoms with Gasteiger partial charge < -0.3 is 4.57 Å². The van der Waals surface area contributed by atoms with E-state index in [0.717, 1.165) is 17.0 Å². The Morgan fingerprint density at radius 3 is 2.47 bits per heavy atom. The van der Waals surface area contributed by atoms with Crippen molar-refractivity contribution in [2.75, 3.05) is 0 Å². The highest BCUT2D eigenvalue weighted by atomic mass is 35.5. The van der Waals surface area contributed by atoms with Gasteiger partial charge >= 0.3 is 6.18 Å². The summed E-state index contributed by atoms with van der Waals surface area (Å²) in [6.45, 7) is -0.809. The Kier molecular flexibility index (Phi) is 3.80. The fourth-order valence-corrected chi connectivity index (χ4v) is 1.89. The zero-order valence-electron chi connectivity index (χ0n) is 9.53. The third-order valence-electron chi connectivity index (χ3n) is 2.60. The van der Waals surface area contributed by atoms with Gasteiger partial charge in [0.25, 0.3) is 0 Å². The number of rotatable bonds is 3. The molecule has 0 aliphatic carbocycles. The fraction of sp³-hybridized carbons (Fsp3) is 0.250. The molecule has 2 aromatic rings. The lowest BCUT2D eigenvalue weighted by molar-refractivity contribution is -0.156. The molecule has 0 radical (unpaired) electrons. The lowest BCUT2D eigenvalue weighted by Crippen LogP contribution is -2.26. The molecule has 2 aromatic heterocycles. The van der Waals surface area contributed by atoms with Crippen molar-refractivity contribution in [1.29, 1.82) is 0 Å². The second-order valence-corrected chi connectivity index (χ2v) is 4.35. The monoisotopic (exact) mass is 292 g/mol. The predicted molar refractivity (Wildman–Crippen MR) is 62.7 cm³/mol. The summed E-state index contributed by atoms with van der Waals surface area (Å²) in [5.41, 5.74) is 0.133. The minimum absolute atomic E-state index is 0.0575. The van der Waals surface area contributed by atoms with Gasteiger partial charge in [-0.25, -0.2) is 9.37 Å². The molecule has 19 heavy (non-hydrogen) atoms. The Morgan fingerprint density at radius 1 is 1.26 bits per heavy atom. The number of aromatic nitrogens is 2. The summed E-state index contributed by atoms with van der Waals surface area (Å²) in [6, 6.07) is 1.94. The van der Waals surface area contributed by atoms with Crippen LogP contribution in [0.3, 0.4) is 0 Å². The Labute approximate surface area is 111 Å². The van der Waals surface area contributed by atoms with Crippen molar-refractivity contribution >= 4 is 11.6 Å². The Balaban J connectivity index is 2.44. The van der Waals surface area contributed by atoms with Crippen LogP contribution in [0.2, 0.25) is 5.15 Å². The van der Waals surface area contributed by atoms with Crippen molar-refractivity contribution in [3.05, 3.63) is 53.1 Å². The first-order valence-electron chi connectivity index (χ1n) is 5.32. The van der Waals surface area contributed by atoms with E-state index >= 15 is 0 Å². The van der Waals surface area contributed by atoms with Crippen LogP contribution in [0.4, 0.5) is 17.6 Å². The Morgan fingerprint density at radius 2 is 2.00 bits per heavy atom. The summed E-state index contributed by atoms with van der Waals surface area (Å²) in [4.78, 5) is 3.64. The summed E-state index contributed by atoms with van der Waals surface area (Å²) in [6.07, 6.45) is -1.12. The first-order valence-corrected chi connectivity index (χ1v) is 5.70. The largest absolute Gasteiger partial charge is 0.413 e. The molecule has 0 bridgehead atoms. The van der Waals surface area contributed by atoms with Gasteiger partial charge in [-0.05, 0) is 12.1 Å². The number of nitrogens with zero attached hydrogens (tertiary/aromatic N) is 2. The third-order valence-corrected chi connectivity index (χ3v) is 2.83. The number of alkyl halides is 4. The average molecular weight is 293 g/mol. The standard InChI is InChI=1S/C12H9ClF4N2/c13-10-2-1-9(6-18-10)11(12(15,16)17)19-4-3-8(5-14)7-19/h1-4,6-7,11H,5H2/t11-/m1/s1. The molecule has 7 heteroatoms. The molecule has 2 heterocycles. The fourth-order valence-electron chi connectivity index (χ4n) is 1.78. The molecular formula is C12H9ClF4N2. The summed E-state index contributed by atoms with van der Waals surface area (Å²) < 4.78 is 52.7. The van der Waals surface area contributed by atoms with Crippen LogP contribution in [0.5, 0.6) is 0 Å². The summed E-state index contributed by atoms with van der Waals surface area (Å²) in [5.74, 6) is 0. The first kappa shape index (κ1) is 13.9. The van der Waals surface area contributed by atoms with E-state index in [2.05, 4.69) is 4.98 Å². The molecule has 0 aliphatic rings. The van der Waals surface area contributed by atoms with Gasteiger partial charge in [-0.1, -0.05) is 17.7 Å². The van der Waals surface area contributed by atoms with Gasteiger partial charge in [0.1, 0.15) is 11.8 Å². The summed E-state index contributed by atoms with van der Waals surface area (Å²) in [5, 5.41) is 0.113. The van der Waals surface area contributed by atoms with Gasteiger partial charge in [0.15, 0.2) is 6.04 Å². The summed E-state index contributed by atoms with van der Waals surface area (Å²) in [7, 11) is 0. The van der Waals surface area contributed by atoms with Gasteiger partial charge in [-0.15, -0.1) is 0 Å². The smallest absolute Gasteiger partial charge is 0.338 e. The second-order valence-electron chi connectivity index (χ2n) is 3.96. The van der Waals surface area contributed by atoms with Crippen LogP contribution in [-0.4, -0.2) is 15.7 Å². The van der Waals surface area contributed by atoms with E-state index in [-0.39, 0.29) is 16.3 Å². The normalized spacial score (nSPS) is 13.5. The molecular weight excluding hydrogens is 284 g/mol. The maximum atomic E-state index is 13.1. The highest BCUT2D eigenvalue weighted by Gasteiger charge is 2.42. The Bertz CT molecular complexity index is 548. The highest BCUT2D eigenvalue weighted by Crippen LogP contribution is 2.36. The van der Waals surface area contributed by atoms with Crippen LogP contribution in [-0.2, 0) is 6.67 Å². The lowest BCUT2D eigenvalue weighted by atomic mass is 10.1. The molecule has 2 rings (SSSR count). The van der Waals surface area contributed by atoms with E-state index in [1.165, 1.54) is 24.4 Å². The van der Waals surface area contributed by atoms with Gasteiger partial charge in [0.05, 0.1) is 0 Å². The molecule has 0 amide bonds. The highest BCUT2D eigenvalue weighted by molar-refractivity contribution is 6.29. The van der Waals surface area contributed by atoms with Gasteiger partial charge in [-0.2, -0.15) is 13.2 Å². The van der Waals surface area contributed by atoms with Crippen LogP contribution >= 0.6 is 11.6 Å². The topological polar surface area (TPSA) is 17.8 Å². The Hall–Kier alpha value is -1.56. The van der Waals surface area contributed by atoms with Crippen LogP contribution in [0.15, 0.2) is 36.8 Å². The zero-order valence-corrected chi connectivity index (χ0v) is 10.3. The van der Waals surface area contributed by atoms with Gasteiger partial charge in [0.2, 0.25) is 0 Å². The average Bonchev–Trinajstić information content (AvgIpc) is 2.79. The minimum Gasteiger partial charge on any atom is -0.338 e. The van der Waals surface area contributed by atoms with Crippen molar-refractivity contribution in [3.8, 4) is 0 Å². The van der Waals surface area contributed by atoms with Gasteiger partial charge in [-0.3, -0.25) is 0 Å². The molecule has 0 aromatic carbocycles. The molecule has 0 unspecified atom stereocenters. The maximum Gasteiger partial charge on any atom is 0.413 e. The summed E-state index contributed by atoms with van der Waals surface area (Å²) >= 11 is 5.55. The molecule has 0 saturated heterocycles. The molecule has 0 aliphatic heterocycles. The van der Waals surface area contributed by atoms with Crippen molar-refractivity contribution in [2.45, 2.75) is 18.9 Å². The minimum atomic E-state index is -4.51. The van der Waals surface area contributed by atoms with Crippen molar-refractivity contribution < 1.29 is 17.6 Å². The van der Waals surface area contributed by atoms with Gasteiger partial charge in [0, 0.05) is 29.7 Å². The first-order chi connectivity index (χ1) is 8.91. The number of pyridine rings is 1. The van der Waals surface area contributed by atoms with E-state index < -0.39 is 18.9 Å². The van der Waals surface area contributed by atoms with Crippen molar-refractivity contribution in [3.63, 3.8) is 0 Å². The zero-order chi connectivity index (χ0) is 14.0. The van der Waals surface area contributed by atoms with Crippen molar-refractivity contribution in [1.82, 2.24) is 9.55 Å². The molecule has 2 nitrogen and oxygen atoms in total.